The van der Waals surface area contributed by atoms with Gasteiger partial charge in [0.15, 0.2) is 11.5 Å². The molecule has 1 aromatic carbocycles. The van der Waals surface area contributed by atoms with Gasteiger partial charge in [-0.2, -0.15) is 0 Å². The second-order valence-electron chi connectivity index (χ2n) is 7.86. The number of rotatable bonds is 6. The highest BCUT2D eigenvalue weighted by Crippen LogP contribution is 2.32. The van der Waals surface area contributed by atoms with E-state index in [9.17, 15) is 23.9 Å². The molecule has 0 aliphatic carbocycles. The van der Waals surface area contributed by atoms with Gasteiger partial charge in [-0.1, -0.05) is 12.1 Å². The molecule has 2 aromatic heterocycles. The van der Waals surface area contributed by atoms with Crippen molar-refractivity contribution in [2.75, 3.05) is 6.54 Å². The summed E-state index contributed by atoms with van der Waals surface area (Å²) in [6.07, 6.45) is 5.67. The SMILES string of the molecule is Cn1c(C2CCCN2C(=O)c2cncnc2)nc(C(=O)CCc2ccc(F)cc2)c(O)c1=O. The molecule has 0 spiro atoms. The molecule has 0 saturated carbocycles. The normalized spacial score (nSPS) is 15.6. The maximum Gasteiger partial charge on any atom is 0.296 e. The predicted octanol–water partition coefficient (Wildman–Crippen LogP) is 2.21. The van der Waals surface area contributed by atoms with Gasteiger partial charge in [-0.05, 0) is 37.0 Å². The summed E-state index contributed by atoms with van der Waals surface area (Å²) in [5.74, 6) is -1.69. The van der Waals surface area contributed by atoms with Crippen LogP contribution in [0.3, 0.4) is 0 Å². The minimum absolute atomic E-state index is 0.0204. The van der Waals surface area contributed by atoms with Crippen LogP contribution in [-0.4, -0.2) is 47.8 Å². The third-order valence-electron chi connectivity index (χ3n) is 5.74. The summed E-state index contributed by atoms with van der Waals surface area (Å²) in [6, 6.07) is 5.20. The van der Waals surface area contributed by atoms with Crippen molar-refractivity contribution in [2.24, 2.45) is 7.05 Å². The maximum atomic E-state index is 13.1. The molecule has 9 nitrogen and oxygen atoms in total. The fourth-order valence-electron chi connectivity index (χ4n) is 3.98. The molecule has 3 heterocycles. The average Bonchev–Trinajstić information content (AvgIpc) is 3.32. The van der Waals surface area contributed by atoms with Crippen LogP contribution in [0.2, 0.25) is 0 Å². The molecule has 1 saturated heterocycles. The van der Waals surface area contributed by atoms with E-state index >= 15 is 0 Å². The van der Waals surface area contributed by atoms with Gasteiger partial charge in [0.2, 0.25) is 5.75 Å². The van der Waals surface area contributed by atoms with E-state index in [0.717, 1.165) is 5.56 Å². The molecule has 33 heavy (non-hydrogen) atoms. The number of Topliss-reactive ketones (excluding diaryl/α,β-unsaturated/α-hetero) is 1. The number of hydrogen-bond donors (Lipinski definition) is 1. The first-order chi connectivity index (χ1) is 15.9. The zero-order valence-corrected chi connectivity index (χ0v) is 17.9. The lowest BCUT2D eigenvalue weighted by Crippen LogP contribution is -2.35. The van der Waals surface area contributed by atoms with Crippen LogP contribution < -0.4 is 5.56 Å². The van der Waals surface area contributed by atoms with E-state index in [1.165, 1.54) is 42.5 Å². The van der Waals surface area contributed by atoms with Crippen LogP contribution in [0.4, 0.5) is 4.39 Å². The Morgan fingerprint density at radius 1 is 1.18 bits per heavy atom. The van der Waals surface area contributed by atoms with Crippen LogP contribution in [-0.2, 0) is 13.5 Å². The molecule has 1 N–H and O–H groups in total. The molecular formula is C23H22FN5O4. The van der Waals surface area contributed by atoms with Crippen LogP contribution in [0.15, 0.2) is 47.8 Å². The minimum atomic E-state index is -0.757. The topological polar surface area (TPSA) is 118 Å². The van der Waals surface area contributed by atoms with Gasteiger partial charge in [-0.25, -0.2) is 19.3 Å². The van der Waals surface area contributed by atoms with Gasteiger partial charge in [0.1, 0.15) is 18.0 Å². The number of hydrogen-bond acceptors (Lipinski definition) is 7. The average molecular weight is 451 g/mol. The number of aryl methyl sites for hydroxylation is 1. The van der Waals surface area contributed by atoms with Crippen LogP contribution in [0.1, 0.15) is 57.5 Å². The van der Waals surface area contributed by atoms with E-state index in [4.69, 9.17) is 0 Å². The van der Waals surface area contributed by atoms with Crippen molar-refractivity contribution < 1.29 is 19.1 Å². The molecular weight excluding hydrogens is 429 g/mol. The smallest absolute Gasteiger partial charge is 0.296 e. The first-order valence-electron chi connectivity index (χ1n) is 10.5. The molecule has 0 bridgehead atoms. The highest BCUT2D eigenvalue weighted by atomic mass is 19.1. The van der Waals surface area contributed by atoms with E-state index in [-0.39, 0.29) is 29.7 Å². The van der Waals surface area contributed by atoms with Gasteiger partial charge in [0.05, 0.1) is 11.6 Å². The van der Waals surface area contributed by atoms with E-state index < -0.39 is 23.1 Å². The third-order valence-corrected chi connectivity index (χ3v) is 5.74. The quantitative estimate of drug-likeness (QED) is 0.571. The van der Waals surface area contributed by atoms with Gasteiger partial charge in [0.25, 0.3) is 11.5 Å². The lowest BCUT2D eigenvalue weighted by Gasteiger charge is -2.26. The Morgan fingerprint density at radius 3 is 2.58 bits per heavy atom. The maximum absolute atomic E-state index is 13.1. The molecule has 1 unspecified atom stereocenters. The largest absolute Gasteiger partial charge is 0.501 e. The number of halogens is 1. The van der Waals surface area contributed by atoms with Crippen LogP contribution >= 0.6 is 0 Å². The lowest BCUT2D eigenvalue weighted by molar-refractivity contribution is 0.0726. The summed E-state index contributed by atoms with van der Waals surface area (Å²) in [5, 5.41) is 10.3. The van der Waals surface area contributed by atoms with Gasteiger partial charge in [-0.15, -0.1) is 0 Å². The lowest BCUT2D eigenvalue weighted by atomic mass is 10.1. The number of carbonyl (C=O) groups excluding carboxylic acids is 2. The van der Waals surface area contributed by atoms with E-state index in [2.05, 4.69) is 15.0 Å². The van der Waals surface area contributed by atoms with Crippen molar-refractivity contribution in [1.82, 2.24) is 24.4 Å². The summed E-state index contributed by atoms with van der Waals surface area (Å²) in [7, 11) is 1.45. The summed E-state index contributed by atoms with van der Waals surface area (Å²) in [6.45, 7) is 0.447. The number of ketones is 1. The number of likely N-dealkylation sites (tertiary alicyclic amines) is 1. The number of carbonyl (C=O) groups is 2. The Labute approximate surface area is 188 Å². The second kappa shape index (κ2) is 9.27. The summed E-state index contributed by atoms with van der Waals surface area (Å²) >= 11 is 0. The van der Waals surface area contributed by atoms with Crippen molar-refractivity contribution >= 4 is 11.7 Å². The molecule has 1 atom stereocenters. The molecule has 0 radical (unpaired) electrons. The van der Waals surface area contributed by atoms with E-state index in [1.807, 2.05) is 0 Å². The minimum Gasteiger partial charge on any atom is -0.501 e. The Morgan fingerprint density at radius 2 is 1.88 bits per heavy atom. The van der Waals surface area contributed by atoms with Gasteiger partial charge >= 0.3 is 0 Å². The zero-order chi connectivity index (χ0) is 23.5. The fourth-order valence-corrected chi connectivity index (χ4v) is 3.98. The molecule has 1 aliphatic rings. The Hall–Kier alpha value is -3.95. The molecule has 3 aromatic rings. The van der Waals surface area contributed by atoms with Crippen molar-refractivity contribution in [3.8, 4) is 5.75 Å². The third kappa shape index (κ3) is 4.50. The monoisotopic (exact) mass is 451 g/mol. The van der Waals surface area contributed by atoms with Crippen molar-refractivity contribution in [3.63, 3.8) is 0 Å². The second-order valence-corrected chi connectivity index (χ2v) is 7.86. The first kappa shape index (κ1) is 22.3. The highest BCUT2D eigenvalue weighted by molar-refractivity contribution is 5.97. The number of amides is 1. The molecule has 170 valence electrons. The van der Waals surface area contributed by atoms with E-state index in [0.29, 0.717) is 31.4 Å². The molecule has 1 amide bonds. The number of aromatic hydroxyl groups is 1. The van der Waals surface area contributed by atoms with Gasteiger partial charge < -0.3 is 10.0 Å². The van der Waals surface area contributed by atoms with Crippen molar-refractivity contribution in [1.29, 1.82) is 0 Å². The van der Waals surface area contributed by atoms with Crippen LogP contribution in [0.5, 0.6) is 5.75 Å². The molecule has 10 heteroatoms. The Balaban J connectivity index is 1.62. The number of nitrogens with zero attached hydrogens (tertiary/aromatic N) is 5. The van der Waals surface area contributed by atoms with Crippen molar-refractivity contribution in [3.05, 3.63) is 81.8 Å². The summed E-state index contributed by atoms with van der Waals surface area (Å²) in [4.78, 5) is 52.2. The molecule has 4 rings (SSSR count). The number of benzene rings is 1. The first-order valence-corrected chi connectivity index (χ1v) is 10.5. The van der Waals surface area contributed by atoms with Gasteiger partial charge in [0, 0.05) is 32.4 Å². The Bertz CT molecular complexity index is 1240. The standard InChI is InChI=1S/C23H22FN5O4/c1-28-21(17-3-2-10-29(17)22(32)15-11-25-13-26-12-15)27-19(20(31)23(28)33)18(30)9-6-14-4-7-16(24)8-5-14/h4-5,7-8,11-13,17,31H,2-3,6,9-10H2,1H3. The Kier molecular flexibility index (Phi) is 6.25. The zero-order valence-electron chi connectivity index (χ0n) is 17.9. The number of aromatic nitrogens is 4. The van der Waals surface area contributed by atoms with Crippen molar-refractivity contribution in [2.45, 2.75) is 31.7 Å². The summed E-state index contributed by atoms with van der Waals surface area (Å²) in [5.41, 5.74) is -0.0280. The highest BCUT2D eigenvalue weighted by Gasteiger charge is 2.35. The van der Waals surface area contributed by atoms with Crippen LogP contribution in [0, 0.1) is 5.82 Å². The summed E-state index contributed by atoms with van der Waals surface area (Å²) < 4.78 is 14.3. The van der Waals surface area contributed by atoms with E-state index in [1.54, 1.807) is 17.0 Å². The van der Waals surface area contributed by atoms with Crippen LogP contribution in [0.25, 0.3) is 0 Å². The molecule has 1 fully saturated rings. The molecule has 1 aliphatic heterocycles. The predicted molar refractivity (Wildman–Crippen MR) is 115 cm³/mol. The fraction of sp³-hybridized carbons (Fsp3) is 0.304. The van der Waals surface area contributed by atoms with Gasteiger partial charge in [-0.3, -0.25) is 19.0 Å².